The minimum Gasteiger partial charge on any atom is -0.449 e. The van der Waals surface area contributed by atoms with E-state index in [-0.39, 0.29) is 18.1 Å². The van der Waals surface area contributed by atoms with E-state index in [0.717, 1.165) is 4.31 Å². The summed E-state index contributed by atoms with van der Waals surface area (Å²) in [7, 11) is -2.81. The van der Waals surface area contributed by atoms with Crippen molar-refractivity contribution in [3.8, 4) is 0 Å². The number of nitrogens with two attached hydrogens (primary N) is 1. The first-order chi connectivity index (χ1) is 9.81. The summed E-state index contributed by atoms with van der Waals surface area (Å²) in [5.74, 6) is -0.100. The summed E-state index contributed by atoms with van der Waals surface area (Å²) in [6.45, 7) is 1.61. The van der Waals surface area contributed by atoms with Gasteiger partial charge < -0.3 is 15.7 Å². The minimum atomic E-state index is -4.08. The second-order valence-corrected chi connectivity index (χ2v) is 5.53. The Hall–Kier alpha value is -2.49. The number of anilines is 1. The summed E-state index contributed by atoms with van der Waals surface area (Å²) < 4.78 is 31.0. The van der Waals surface area contributed by atoms with Crippen molar-refractivity contribution < 1.29 is 23.2 Å². The Kier molecular flexibility index (Phi) is 5.36. The molecule has 1 aromatic rings. The second-order valence-electron chi connectivity index (χ2n) is 3.83. The topological polar surface area (TPSA) is 134 Å². The predicted molar refractivity (Wildman–Crippen MR) is 76.4 cm³/mol. The second kappa shape index (κ2) is 6.79. The number of carbonyl (C=O) groups excluding carboxylic acids is 1. The highest BCUT2D eigenvalue weighted by atomic mass is 32.2. The van der Waals surface area contributed by atoms with Gasteiger partial charge in [0.15, 0.2) is 5.84 Å². The SMILES string of the molecule is CCOC(=O)NS(=O)(=O)N(C)c1ccc(/C(N)=N/O)cc1. The zero-order valence-electron chi connectivity index (χ0n) is 11.5. The number of hydrogen-bond donors (Lipinski definition) is 3. The van der Waals surface area contributed by atoms with Gasteiger partial charge in [0.1, 0.15) is 0 Å². The van der Waals surface area contributed by atoms with Crippen LogP contribution in [0.1, 0.15) is 12.5 Å². The number of ether oxygens (including phenoxy) is 1. The number of nitrogens with zero attached hydrogens (tertiary/aromatic N) is 2. The van der Waals surface area contributed by atoms with Gasteiger partial charge in [-0.3, -0.25) is 4.31 Å². The van der Waals surface area contributed by atoms with Gasteiger partial charge in [-0.05, 0) is 31.2 Å². The zero-order valence-corrected chi connectivity index (χ0v) is 12.3. The highest BCUT2D eigenvalue weighted by Gasteiger charge is 2.21. The highest BCUT2D eigenvalue weighted by molar-refractivity contribution is 7.91. The number of amides is 1. The maximum absolute atomic E-state index is 11.9. The molecule has 9 nitrogen and oxygen atoms in total. The fraction of sp³-hybridized carbons (Fsp3) is 0.273. The van der Waals surface area contributed by atoms with Gasteiger partial charge >= 0.3 is 16.3 Å². The molecule has 0 radical (unpaired) electrons. The molecule has 0 aliphatic carbocycles. The van der Waals surface area contributed by atoms with E-state index < -0.39 is 16.3 Å². The van der Waals surface area contributed by atoms with Crippen molar-refractivity contribution in [3.05, 3.63) is 29.8 Å². The molecular formula is C11H16N4O5S. The monoisotopic (exact) mass is 316 g/mol. The standard InChI is InChI=1S/C11H16N4O5S/c1-3-20-11(16)14-21(18,19)15(2)9-6-4-8(5-7-9)10(12)13-17/h4-7,17H,3H2,1-2H3,(H2,12,13)(H,14,16). The average molecular weight is 316 g/mol. The Morgan fingerprint density at radius 3 is 2.48 bits per heavy atom. The molecule has 21 heavy (non-hydrogen) atoms. The molecule has 0 heterocycles. The van der Waals surface area contributed by atoms with E-state index >= 15 is 0 Å². The summed E-state index contributed by atoms with van der Waals surface area (Å²) in [4.78, 5) is 11.2. The van der Waals surface area contributed by atoms with Gasteiger partial charge in [-0.15, -0.1) is 0 Å². The molecule has 1 amide bonds. The van der Waals surface area contributed by atoms with Crippen LogP contribution in [0.15, 0.2) is 29.4 Å². The van der Waals surface area contributed by atoms with Crippen LogP contribution in [0.3, 0.4) is 0 Å². The van der Waals surface area contributed by atoms with Crippen LogP contribution < -0.4 is 14.8 Å². The molecule has 0 atom stereocenters. The highest BCUT2D eigenvalue weighted by Crippen LogP contribution is 2.16. The maximum Gasteiger partial charge on any atom is 0.422 e. The Morgan fingerprint density at radius 2 is 2.00 bits per heavy atom. The van der Waals surface area contributed by atoms with Gasteiger partial charge in [-0.25, -0.2) is 9.52 Å². The van der Waals surface area contributed by atoms with Crippen LogP contribution in [-0.4, -0.2) is 39.2 Å². The fourth-order valence-corrected chi connectivity index (χ4v) is 2.18. The zero-order chi connectivity index (χ0) is 16.0. The first-order valence-corrected chi connectivity index (χ1v) is 7.27. The average Bonchev–Trinajstić information content (AvgIpc) is 2.45. The molecule has 10 heteroatoms. The molecule has 1 rings (SSSR count). The Labute approximate surface area is 122 Å². The van der Waals surface area contributed by atoms with E-state index in [9.17, 15) is 13.2 Å². The molecule has 0 aliphatic heterocycles. The molecule has 0 spiro atoms. The molecule has 0 aromatic heterocycles. The van der Waals surface area contributed by atoms with E-state index in [1.807, 2.05) is 0 Å². The van der Waals surface area contributed by atoms with E-state index in [0.29, 0.717) is 5.56 Å². The number of benzene rings is 1. The Morgan fingerprint density at radius 1 is 1.43 bits per heavy atom. The summed E-state index contributed by atoms with van der Waals surface area (Å²) in [6.07, 6.45) is -1.06. The van der Waals surface area contributed by atoms with Crippen LogP contribution in [0.5, 0.6) is 0 Å². The van der Waals surface area contributed by atoms with Crippen molar-refractivity contribution in [1.82, 2.24) is 4.72 Å². The van der Waals surface area contributed by atoms with E-state index in [1.165, 1.54) is 31.3 Å². The van der Waals surface area contributed by atoms with Crippen molar-refractivity contribution in [2.75, 3.05) is 18.0 Å². The largest absolute Gasteiger partial charge is 0.449 e. The summed E-state index contributed by atoms with van der Waals surface area (Å²) in [6, 6.07) is 5.83. The molecule has 0 aliphatic rings. The predicted octanol–water partition coefficient (Wildman–Crippen LogP) is 0.208. The van der Waals surface area contributed by atoms with Crippen LogP contribution in [0.4, 0.5) is 10.5 Å². The molecular weight excluding hydrogens is 300 g/mol. The van der Waals surface area contributed by atoms with E-state index in [4.69, 9.17) is 10.9 Å². The lowest BCUT2D eigenvalue weighted by molar-refractivity contribution is 0.158. The van der Waals surface area contributed by atoms with Gasteiger partial charge in [0, 0.05) is 12.6 Å². The first kappa shape index (κ1) is 16.6. The van der Waals surface area contributed by atoms with Crippen LogP contribution >= 0.6 is 0 Å². The normalized spacial score (nSPS) is 11.8. The molecule has 116 valence electrons. The molecule has 0 bridgehead atoms. The Bertz CT molecular complexity index is 627. The van der Waals surface area contributed by atoms with Gasteiger partial charge in [0.2, 0.25) is 0 Å². The Balaban J connectivity index is 2.92. The van der Waals surface area contributed by atoms with Gasteiger partial charge in [0.05, 0.1) is 12.3 Å². The number of carbonyl (C=O) groups is 1. The molecule has 0 fully saturated rings. The lowest BCUT2D eigenvalue weighted by Crippen LogP contribution is -2.41. The van der Waals surface area contributed by atoms with Gasteiger partial charge in [-0.2, -0.15) is 8.42 Å². The molecule has 0 unspecified atom stereocenters. The van der Waals surface area contributed by atoms with Gasteiger partial charge in [0.25, 0.3) is 0 Å². The third-order valence-corrected chi connectivity index (χ3v) is 3.84. The van der Waals surface area contributed by atoms with Crippen molar-refractivity contribution in [3.63, 3.8) is 0 Å². The summed E-state index contributed by atoms with van der Waals surface area (Å²) in [5, 5.41) is 11.4. The maximum atomic E-state index is 11.9. The van der Waals surface area contributed by atoms with E-state index in [2.05, 4.69) is 9.89 Å². The lowest BCUT2D eigenvalue weighted by Gasteiger charge is -2.19. The van der Waals surface area contributed by atoms with Crippen LogP contribution in [0.25, 0.3) is 0 Å². The third-order valence-electron chi connectivity index (χ3n) is 2.48. The number of hydrogen-bond acceptors (Lipinski definition) is 6. The minimum absolute atomic E-state index is 0.0551. The molecule has 1 aromatic carbocycles. The first-order valence-electron chi connectivity index (χ1n) is 5.83. The van der Waals surface area contributed by atoms with Crippen molar-refractivity contribution in [2.45, 2.75) is 6.92 Å². The third kappa shape index (κ3) is 4.24. The lowest BCUT2D eigenvalue weighted by atomic mass is 10.2. The summed E-state index contributed by atoms with van der Waals surface area (Å²) in [5.41, 5.74) is 6.10. The molecule has 0 saturated carbocycles. The number of oxime groups is 1. The van der Waals surface area contributed by atoms with Crippen molar-refractivity contribution in [1.29, 1.82) is 0 Å². The molecule has 4 N–H and O–H groups in total. The smallest absolute Gasteiger partial charge is 0.422 e. The quantitative estimate of drug-likeness (QED) is 0.307. The molecule has 0 saturated heterocycles. The van der Waals surface area contributed by atoms with Gasteiger partial charge in [-0.1, -0.05) is 5.16 Å². The van der Waals surface area contributed by atoms with Crippen molar-refractivity contribution >= 4 is 27.8 Å². The summed E-state index contributed by atoms with van der Waals surface area (Å²) >= 11 is 0. The number of rotatable bonds is 5. The van der Waals surface area contributed by atoms with Crippen LogP contribution in [0, 0.1) is 0 Å². The van der Waals surface area contributed by atoms with Crippen LogP contribution in [0.2, 0.25) is 0 Å². The van der Waals surface area contributed by atoms with Crippen LogP contribution in [-0.2, 0) is 14.9 Å². The fourth-order valence-electron chi connectivity index (χ4n) is 1.37. The number of amidine groups is 1. The number of nitrogens with one attached hydrogen (secondary N) is 1. The van der Waals surface area contributed by atoms with E-state index in [1.54, 1.807) is 11.6 Å². The van der Waals surface area contributed by atoms with Crippen molar-refractivity contribution in [2.24, 2.45) is 10.9 Å².